The summed E-state index contributed by atoms with van der Waals surface area (Å²) in [5.41, 5.74) is -0.202. The molecule has 0 spiro atoms. The van der Waals surface area contributed by atoms with Crippen LogP contribution in [-0.2, 0) is 0 Å². The van der Waals surface area contributed by atoms with Gasteiger partial charge in [0, 0.05) is 24.5 Å². The van der Waals surface area contributed by atoms with E-state index in [1.54, 1.807) is 18.2 Å². The molecular weight excluding hydrogens is 392 g/mol. The van der Waals surface area contributed by atoms with Crippen molar-refractivity contribution in [1.82, 2.24) is 15.3 Å². The number of carbonyl (C=O) groups excluding carboxylic acids is 1. The van der Waals surface area contributed by atoms with Gasteiger partial charge in [-0.25, -0.2) is 13.8 Å². The second kappa shape index (κ2) is 9.82. The summed E-state index contributed by atoms with van der Waals surface area (Å²) in [6.07, 6.45) is 3.94. The molecule has 2 N–H and O–H groups in total. The monoisotopic (exact) mass is 419 g/mol. The molecule has 1 aliphatic rings. The average Bonchev–Trinajstić information content (AvgIpc) is 2.77. The first-order valence-corrected chi connectivity index (χ1v) is 10.2. The standard InChI is InChI=1S/C22H27F2N3O3/c1-3-17(27-21(28)15-8-9-18(30-2)26-12-15)14-6-4-13(5-7-14)16-10-11-25-22(29)19(16)20(23)24/h8-14,17,20H,3-7H2,1-2H3,(H,25,29)(H,27,28)/t13?,14?,17-/m0/s1. The fourth-order valence-corrected chi connectivity index (χ4v) is 4.36. The zero-order valence-electron chi connectivity index (χ0n) is 17.2. The number of rotatable bonds is 7. The largest absolute Gasteiger partial charge is 0.481 e. The number of ether oxygens (including phenoxy) is 1. The average molecular weight is 419 g/mol. The maximum Gasteiger partial charge on any atom is 0.269 e. The van der Waals surface area contributed by atoms with Crippen LogP contribution in [0.5, 0.6) is 5.88 Å². The van der Waals surface area contributed by atoms with Gasteiger partial charge in [0.15, 0.2) is 0 Å². The van der Waals surface area contributed by atoms with Crippen LogP contribution in [0.25, 0.3) is 0 Å². The second-order valence-corrected chi connectivity index (χ2v) is 7.67. The minimum Gasteiger partial charge on any atom is -0.481 e. The first-order valence-electron chi connectivity index (χ1n) is 10.2. The normalized spacial score (nSPS) is 20.0. The lowest BCUT2D eigenvalue weighted by Crippen LogP contribution is -2.41. The molecule has 0 bridgehead atoms. The van der Waals surface area contributed by atoms with Gasteiger partial charge in [-0.15, -0.1) is 0 Å². The van der Waals surface area contributed by atoms with Crippen LogP contribution in [-0.4, -0.2) is 29.0 Å². The maximum atomic E-state index is 13.4. The summed E-state index contributed by atoms with van der Waals surface area (Å²) in [5.74, 6) is 0.457. The van der Waals surface area contributed by atoms with E-state index in [4.69, 9.17) is 4.74 Å². The summed E-state index contributed by atoms with van der Waals surface area (Å²) in [7, 11) is 1.52. The third kappa shape index (κ3) is 4.86. The molecule has 0 radical (unpaired) electrons. The van der Waals surface area contributed by atoms with Crippen LogP contribution in [0.2, 0.25) is 0 Å². The number of aromatic nitrogens is 2. The molecule has 1 aliphatic carbocycles. The van der Waals surface area contributed by atoms with E-state index < -0.39 is 17.5 Å². The highest BCUT2D eigenvalue weighted by Gasteiger charge is 2.31. The molecule has 1 atom stereocenters. The molecule has 0 saturated heterocycles. The number of nitrogens with zero attached hydrogens (tertiary/aromatic N) is 1. The van der Waals surface area contributed by atoms with Crippen LogP contribution >= 0.6 is 0 Å². The number of aromatic amines is 1. The first kappa shape index (κ1) is 21.9. The van der Waals surface area contributed by atoms with Gasteiger partial charge in [0.1, 0.15) is 0 Å². The number of halogens is 2. The Hall–Kier alpha value is -2.77. The minimum absolute atomic E-state index is 0.00528. The van der Waals surface area contributed by atoms with Gasteiger partial charge in [-0.05, 0) is 61.6 Å². The van der Waals surface area contributed by atoms with Crippen molar-refractivity contribution in [3.05, 3.63) is 57.6 Å². The lowest BCUT2D eigenvalue weighted by molar-refractivity contribution is 0.0908. The van der Waals surface area contributed by atoms with Crippen molar-refractivity contribution in [1.29, 1.82) is 0 Å². The van der Waals surface area contributed by atoms with Gasteiger partial charge in [0.05, 0.1) is 18.2 Å². The van der Waals surface area contributed by atoms with Crippen LogP contribution in [0, 0.1) is 5.92 Å². The first-order chi connectivity index (χ1) is 14.4. The summed E-state index contributed by atoms with van der Waals surface area (Å²) in [4.78, 5) is 30.8. The molecule has 1 saturated carbocycles. The smallest absolute Gasteiger partial charge is 0.269 e. The van der Waals surface area contributed by atoms with Gasteiger partial charge in [0.25, 0.3) is 17.9 Å². The highest BCUT2D eigenvalue weighted by molar-refractivity contribution is 5.94. The highest BCUT2D eigenvalue weighted by atomic mass is 19.3. The number of hydrogen-bond acceptors (Lipinski definition) is 4. The number of alkyl halides is 2. The summed E-state index contributed by atoms with van der Waals surface area (Å²) in [6, 6.07) is 4.91. The predicted molar refractivity (Wildman–Crippen MR) is 109 cm³/mol. The van der Waals surface area contributed by atoms with Gasteiger partial charge in [-0.2, -0.15) is 0 Å². The van der Waals surface area contributed by atoms with E-state index in [2.05, 4.69) is 15.3 Å². The molecule has 1 fully saturated rings. The SMILES string of the molecule is CC[C@H](NC(=O)c1ccc(OC)nc1)C1CCC(c2cc[nH]c(=O)c2C(F)F)CC1. The Morgan fingerprint density at radius 2 is 2.00 bits per heavy atom. The Labute approximate surface area is 174 Å². The van der Waals surface area contributed by atoms with E-state index in [1.165, 1.54) is 19.5 Å². The summed E-state index contributed by atoms with van der Waals surface area (Å²) in [5, 5.41) is 3.09. The lowest BCUT2D eigenvalue weighted by Gasteiger charge is -2.34. The topological polar surface area (TPSA) is 84.1 Å². The predicted octanol–water partition coefficient (Wildman–Crippen LogP) is 4.20. The van der Waals surface area contributed by atoms with Gasteiger partial charge in [-0.1, -0.05) is 6.92 Å². The number of pyridine rings is 2. The van der Waals surface area contributed by atoms with Gasteiger partial charge >= 0.3 is 0 Å². The van der Waals surface area contributed by atoms with Crippen molar-refractivity contribution >= 4 is 5.91 Å². The van der Waals surface area contributed by atoms with E-state index in [-0.39, 0.29) is 23.8 Å². The fourth-order valence-electron chi connectivity index (χ4n) is 4.36. The van der Waals surface area contributed by atoms with Crippen LogP contribution in [0.3, 0.4) is 0 Å². The summed E-state index contributed by atoms with van der Waals surface area (Å²) >= 11 is 0. The van der Waals surface area contributed by atoms with Gasteiger partial charge in [0.2, 0.25) is 5.88 Å². The number of H-pyrrole nitrogens is 1. The molecule has 8 heteroatoms. The lowest BCUT2D eigenvalue weighted by atomic mass is 9.74. The Morgan fingerprint density at radius 3 is 2.57 bits per heavy atom. The Morgan fingerprint density at radius 1 is 1.27 bits per heavy atom. The third-order valence-electron chi connectivity index (χ3n) is 6.00. The molecule has 30 heavy (non-hydrogen) atoms. The molecular formula is C22H27F2N3O3. The quantitative estimate of drug-likeness (QED) is 0.705. The molecule has 1 amide bonds. The molecule has 162 valence electrons. The van der Waals surface area contributed by atoms with Crippen LogP contribution in [0.4, 0.5) is 8.78 Å². The molecule has 2 heterocycles. The summed E-state index contributed by atoms with van der Waals surface area (Å²) in [6.45, 7) is 2.02. The van der Waals surface area contributed by atoms with Crippen molar-refractivity contribution in [3.63, 3.8) is 0 Å². The van der Waals surface area contributed by atoms with E-state index in [0.29, 0.717) is 29.8 Å². The number of methoxy groups -OCH3 is 1. The van der Waals surface area contributed by atoms with Crippen LogP contribution in [0.15, 0.2) is 35.4 Å². The molecule has 0 aromatic carbocycles. The molecule has 0 aliphatic heterocycles. The van der Waals surface area contributed by atoms with E-state index in [0.717, 1.165) is 19.3 Å². The minimum atomic E-state index is -2.79. The van der Waals surface area contributed by atoms with Crippen molar-refractivity contribution in [3.8, 4) is 5.88 Å². The van der Waals surface area contributed by atoms with Crippen molar-refractivity contribution in [2.45, 2.75) is 57.4 Å². The number of hydrogen-bond donors (Lipinski definition) is 2. The maximum absolute atomic E-state index is 13.4. The van der Waals surface area contributed by atoms with E-state index in [1.807, 2.05) is 6.92 Å². The van der Waals surface area contributed by atoms with Crippen LogP contribution in [0.1, 0.15) is 72.9 Å². The zero-order chi connectivity index (χ0) is 21.7. The molecule has 2 aromatic rings. The molecule has 3 rings (SSSR count). The third-order valence-corrected chi connectivity index (χ3v) is 6.00. The van der Waals surface area contributed by atoms with E-state index >= 15 is 0 Å². The van der Waals surface area contributed by atoms with Gasteiger partial charge < -0.3 is 15.0 Å². The Bertz CT molecular complexity index is 907. The summed E-state index contributed by atoms with van der Waals surface area (Å²) < 4.78 is 31.8. The fraction of sp³-hybridized carbons (Fsp3) is 0.500. The number of amides is 1. The highest BCUT2D eigenvalue weighted by Crippen LogP contribution is 2.39. The second-order valence-electron chi connectivity index (χ2n) is 7.67. The van der Waals surface area contributed by atoms with E-state index in [9.17, 15) is 18.4 Å². The number of carbonyl (C=O) groups is 1. The van der Waals surface area contributed by atoms with Crippen molar-refractivity contribution in [2.75, 3.05) is 7.11 Å². The van der Waals surface area contributed by atoms with Crippen molar-refractivity contribution < 1.29 is 18.3 Å². The number of nitrogens with one attached hydrogen (secondary N) is 2. The zero-order valence-corrected chi connectivity index (χ0v) is 17.2. The molecule has 2 aromatic heterocycles. The molecule has 6 nitrogen and oxygen atoms in total. The van der Waals surface area contributed by atoms with Gasteiger partial charge in [-0.3, -0.25) is 9.59 Å². The van der Waals surface area contributed by atoms with Crippen LogP contribution < -0.4 is 15.6 Å². The van der Waals surface area contributed by atoms with Crippen molar-refractivity contribution in [2.24, 2.45) is 5.92 Å². The molecule has 0 unspecified atom stereocenters. The Balaban J connectivity index is 1.64. The Kier molecular flexibility index (Phi) is 7.18.